The molecule has 1 aromatic rings. The van der Waals surface area contributed by atoms with E-state index in [0.29, 0.717) is 0 Å². The molecule has 1 heteroatoms. The molecule has 0 spiro atoms. The summed E-state index contributed by atoms with van der Waals surface area (Å²) in [6.45, 7) is 8.75. The first-order chi connectivity index (χ1) is 5.15. The topological polar surface area (TPSA) is 0 Å². The fourth-order valence-electron chi connectivity index (χ4n) is 1.33. The molecule has 0 saturated heterocycles. The second-order valence-corrected chi connectivity index (χ2v) is 3.21. The third-order valence-electron chi connectivity index (χ3n) is 2.40. The lowest BCUT2D eigenvalue weighted by molar-refractivity contribution is 1.28. The molecule has 1 aromatic carbocycles. The third kappa shape index (κ3) is 1.65. The normalized spacial score (nSPS) is 9.82. The van der Waals surface area contributed by atoms with Crippen LogP contribution in [0, 0.1) is 20.8 Å². The predicted molar refractivity (Wildman–Crippen MR) is 53.3 cm³/mol. The smallest absolute Gasteiger partial charge is 0.0849 e. The molecule has 0 heterocycles. The van der Waals surface area contributed by atoms with Crippen molar-refractivity contribution >= 4 is 12.7 Å². The van der Waals surface area contributed by atoms with Crippen LogP contribution in [0.3, 0.4) is 0 Å². The maximum atomic E-state index is 2.28. The Hall–Kier alpha value is -0.715. The Morgan fingerprint density at radius 3 is 1.82 bits per heavy atom. The molecule has 0 aliphatic heterocycles. The van der Waals surface area contributed by atoms with Crippen LogP contribution >= 0.6 is 0 Å². The van der Waals surface area contributed by atoms with Crippen LogP contribution in [0.5, 0.6) is 0 Å². The van der Waals surface area contributed by atoms with Crippen LogP contribution in [0.1, 0.15) is 16.7 Å². The van der Waals surface area contributed by atoms with Gasteiger partial charge in [-0.05, 0) is 37.5 Å². The van der Waals surface area contributed by atoms with E-state index < -0.39 is 0 Å². The van der Waals surface area contributed by atoms with Gasteiger partial charge in [0, 0.05) is 0 Å². The van der Waals surface area contributed by atoms with E-state index >= 15 is 0 Å². The molecule has 0 nitrogen and oxygen atoms in total. The molecule has 0 N–H and O–H groups in total. The van der Waals surface area contributed by atoms with Crippen molar-refractivity contribution in [1.29, 1.82) is 0 Å². The van der Waals surface area contributed by atoms with Crippen molar-refractivity contribution in [3.63, 3.8) is 0 Å². The van der Waals surface area contributed by atoms with Gasteiger partial charge in [0.1, 0.15) is 0 Å². The highest BCUT2D eigenvalue weighted by atomic mass is 14.0. The van der Waals surface area contributed by atoms with Crippen molar-refractivity contribution in [2.75, 3.05) is 0 Å². The summed E-state index contributed by atoms with van der Waals surface area (Å²) in [6.07, 6.45) is 0. The molecule has 58 valence electrons. The first kappa shape index (κ1) is 8.38. The van der Waals surface area contributed by atoms with E-state index in [-0.39, 0.29) is 0 Å². The molecular formula is C10H15B. The SMILES string of the molecule is CBc1cc(C)c(C)c(C)c1. The molecule has 0 aliphatic rings. The van der Waals surface area contributed by atoms with Crippen LogP contribution in [0.25, 0.3) is 0 Å². The average molecular weight is 146 g/mol. The van der Waals surface area contributed by atoms with E-state index in [1.54, 1.807) is 0 Å². The van der Waals surface area contributed by atoms with Gasteiger partial charge in [-0.2, -0.15) is 0 Å². The second kappa shape index (κ2) is 3.12. The van der Waals surface area contributed by atoms with Gasteiger partial charge in [0.25, 0.3) is 0 Å². The molecule has 0 amide bonds. The third-order valence-corrected chi connectivity index (χ3v) is 2.40. The van der Waals surface area contributed by atoms with Crippen molar-refractivity contribution in [3.05, 3.63) is 28.8 Å². The molecule has 0 aliphatic carbocycles. The van der Waals surface area contributed by atoms with Crippen molar-refractivity contribution in [3.8, 4) is 0 Å². The van der Waals surface area contributed by atoms with Crippen LogP contribution in [0.2, 0.25) is 6.82 Å². The van der Waals surface area contributed by atoms with Crippen molar-refractivity contribution in [2.45, 2.75) is 27.6 Å². The number of benzene rings is 1. The molecular weight excluding hydrogens is 131 g/mol. The molecule has 11 heavy (non-hydrogen) atoms. The van der Waals surface area contributed by atoms with Crippen LogP contribution in [-0.2, 0) is 0 Å². The lowest BCUT2D eigenvalue weighted by atomic mass is 9.72. The quantitative estimate of drug-likeness (QED) is 0.529. The Bertz CT molecular complexity index is 241. The van der Waals surface area contributed by atoms with Gasteiger partial charge in [-0.25, -0.2) is 0 Å². The molecule has 0 radical (unpaired) electrons. The zero-order valence-electron chi connectivity index (χ0n) is 7.86. The summed E-state index contributed by atoms with van der Waals surface area (Å²) in [5, 5.41) is 0. The van der Waals surface area contributed by atoms with E-state index in [4.69, 9.17) is 0 Å². The molecule has 0 aromatic heterocycles. The number of hydrogen-bond donors (Lipinski definition) is 0. The second-order valence-electron chi connectivity index (χ2n) is 3.21. The summed E-state index contributed by atoms with van der Waals surface area (Å²) in [7, 11) is 1.14. The molecule has 0 atom stereocenters. The predicted octanol–water partition coefficient (Wildman–Crippen LogP) is 1.72. The summed E-state index contributed by atoms with van der Waals surface area (Å²) in [4.78, 5) is 0. The summed E-state index contributed by atoms with van der Waals surface area (Å²) < 4.78 is 0. The molecule has 0 fully saturated rings. The fraction of sp³-hybridized carbons (Fsp3) is 0.400. The minimum absolute atomic E-state index is 1.14. The Labute approximate surface area is 69.9 Å². The molecule has 1 rings (SSSR count). The fourth-order valence-corrected chi connectivity index (χ4v) is 1.33. The minimum Gasteiger partial charge on any atom is -0.0849 e. The van der Waals surface area contributed by atoms with Gasteiger partial charge in [-0.1, -0.05) is 24.4 Å². The number of hydrogen-bond acceptors (Lipinski definition) is 0. The summed E-state index contributed by atoms with van der Waals surface area (Å²) >= 11 is 0. The van der Waals surface area contributed by atoms with E-state index in [1.165, 1.54) is 22.2 Å². The number of aryl methyl sites for hydroxylation is 2. The highest BCUT2D eigenvalue weighted by molar-refractivity contribution is 6.51. The first-order valence-electron chi connectivity index (χ1n) is 4.22. The van der Waals surface area contributed by atoms with E-state index in [2.05, 4.69) is 39.7 Å². The lowest BCUT2D eigenvalue weighted by Crippen LogP contribution is -2.12. The zero-order chi connectivity index (χ0) is 8.43. The van der Waals surface area contributed by atoms with E-state index in [9.17, 15) is 0 Å². The monoisotopic (exact) mass is 146 g/mol. The van der Waals surface area contributed by atoms with Crippen molar-refractivity contribution in [1.82, 2.24) is 0 Å². The minimum atomic E-state index is 1.14. The van der Waals surface area contributed by atoms with Gasteiger partial charge in [0.05, 0.1) is 0 Å². The molecule has 0 saturated carbocycles. The zero-order valence-corrected chi connectivity index (χ0v) is 7.86. The average Bonchev–Trinajstić information content (AvgIpc) is 1.99. The van der Waals surface area contributed by atoms with Gasteiger partial charge in [0.2, 0.25) is 0 Å². The van der Waals surface area contributed by atoms with Crippen molar-refractivity contribution < 1.29 is 0 Å². The largest absolute Gasteiger partial charge is 0.154 e. The first-order valence-corrected chi connectivity index (χ1v) is 4.22. The van der Waals surface area contributed by atoms with E-state index in [0.717, 1.165) is 7.28 Å². The Kier molecular flexibility index (Phi) is 2.38. The Morgan fingerprint density at radius 2 is 1.45 bits per heavy atom. The van der Waals surface area contributed by atoms with Gasteiger partial charge in [-0.3, -0.25) is 0 Å². The highest BCUT2D eigenvalue weighted by Crippen LogP contribution is 2.09. The van der Waals surface area contributed by atoms with Gasteiger partial charge >= 0.3 is 0 Å². The van der Waals surface area contributed by atoms with Gasteiger partial charge in [-0.15, -0.1) is 0 Å². The Morgan fingerprint density at radius 1 is 1.00 bits per heavy atom. The maximum Gasteiger partial charge on any atom is 0.154 e. The van der Waals surface area contributed by atoms with Crippen LogP contribution in [0.4, 0.5) is 0 Å². The van der Waals surface area contributed by atoms with Crippen molar-refractivity contribution in [2.24, 2.45) is 0 Å². The lowest BCUT2D eigenvalue weighted by Gasteiger charge is -2.06. The van der Waals surface area contributed by atoms with Gasteiger partial charge in [0.15, 0.2) is 7.28 Å². The summed E-state index contributed by atoms with van der Waals surface area (Å²) in [6, 6.07) is 4.56. The highest BCUT2D eigenvalue weighted by Gasteiger charge is 1.98. The van der Waals surface area contributed by atoms with Crippen LogP contribution in [-0.4, -0.2) is 7.28 Å². The van der Waals surface area contributed by atoms with Crippen LogP contribution in [0.15, 0.2) is 12.1 Å². The summed E-state index contributed by atoms with van der Waals surface area (Å²) in [5.74, 6) is 0. The van der Waals surface area contributed by atoms with Gasteiger partial charge < -0.3 is 0 Å². The molecule has 0 unspecified atom stereocenters. The standard InChI is InChI=1S/C10H15B/c1-7-5-10(11-4)6-8(2)9(7)3/h5-6,11H,1-4H3. The summed E-state index contributed by atoms with van der Waals surface area (Å²) in [5.41, 5.74) is 5.72. The maximum absolute atomic E-state index is 2.28. The Balaban J connectivity index is 3.21. The molecule has 0 bridgehead atoms. The van der Waals surface area contributed by atoms with Crippen LogP contribution < -0.4 is 5.46 Å². The van der Waals surface area contributed by atoms with E-state index in [1.807, 2.05) is 0 Å². The number of rotatable bonds is 1.